The van der Waals surface area contributed by atoms with Crippen molar-refractivity contribution in [2.45, 2.75) is 441 Å². The van der Waals surface area contributed by atoms with E-state index in [1.807, 2.05) is 0 Å². The zero-order chi connectivity index (χ0) is 67.4. The van der Waals surface area contributed by atoms with Crippen LogP contribution in [0.5, 0.6) is 0 Å². The van der Waals surface area contributed by atoms with Crippen LogP contribution in [-0.2, 0) is 14.3 Å². The van der Waals surface area contributed by atoms with Gasteiger partial charge >= 0.3 is 0 Å². The summed E-state index contributed by atoms with van der Waals surface area (Å²) in [4.78, 5) is 13.3. The van der Waals surface area contributed by atoms with E-state index in [9.17, 15) is 40.5 Å². The summed E-state index contributed by atoms with van der Waals surface area (Å²) in [6, 6.07) is -1.20. The van der Waals surface area contributed by atoms with Crippen LogP contribution in [-0.4, -0.2) is 110 Å². The van der Waals surface area contributed by atoms with E-state index in [-0.39, 0.29) is 12.8 Å². The lowest BCUT2D eigenvalue weighted by Gasteiger charge is -2.40. The summed E-state index contributed by atoms with van der Waals surface area (Å²) < 4.78 is 11.2. The zero-order valence-electron chi connectivity index (χ0n) is 60.8. The number of nitrogens with one attached hydrogen (secondary N) is 1. The van der Waals surface area contributed by atoms with Gasteiger partial charge in [0, 0.05) is 0 Å². The molecule has 546 valence electrons. The molecule has 1 aliphatic rings. The Hall–Kier alpha value is -2.19. The van der Waals surface area contributed by atoms with Crippen molar-refractivity contribution in [2.24, 2.45) is 0 Å². The van der Waals surface area contributed by atoms with Gasteiger partial charge in [0.25, 0.3) is 0 Å². The highest BCUT2D eigenvalue weighted by Gasteiger charge is 2.44. The lowest BCUT2D eigenvalue weighted by atomic mass is 9.98. The summed E-state index contributed by atoms with van der Waals surface area (Å²) in [5, 5.41) is 76.7. The molecule has 11 nitrogen and oxygen atoms in total. The summed E-state index contributed by atoms with van der Waals surface area (Å²) >= 11 is 0. The number of hydrogen-bond acceptors (Lipinski definition) is 10. The highest BCUT2D eigenvalue weighted by atomic mass is 16.7. The van der Waals surface area contributed by atoms with Crippen LogP contribution in [0.3, 0.4) is 0 Å². The minimum absolute atomic E-state index is 0.241. The van der Waals surface area contributed by atoms with Crippen LogP contribution < -0.4 is 5.32 Å². The van der Waals surface area contributed by atoms with Gasteiger partial charge in [-0.05, 0) is 96.3 Å². The molecule has 0 radical (unpaired) electrons. The number of aliphatic hydroxyl groups is 7. The van der Waals surface area contributed by atoms with Gasteiger partial charge in [-0.3, -0.25) is 4.79 Å². The van der Waals surface area contributed by atoms with Gasteiger partial charge < -0.3 is 50.5 Å². The molecule has 8 N–H and O–H groups in total. The quantitative estimate of drug-likeness (QED) is 0.0215. The summed E-state index contributed by atoms with van der Waals surface area (Å²) in [6.45, 7) is 3.49. The molecule has 0 aromatic rings. The second-order valence-electron chi connectivity index (χ2n) is 28.1. The van der Waals surface area contributed by atoms with Crippen molar-refractivity contribution in [3.8, 4) is 0 Å². The van der Waals surface area contributed by atoms with Gasteiger partial charge in [0.2, 0.25) is 5.91 Å². The Kier molecular flexibility index (Phi) is 66.6. The van der Waals surface area contributed by atoms with E-state index in [0.29, 0.717) is 19.3 Å². The van der Waals surface area contributed by atoms with Crippen molar-refractivity contribution < 1.29 is 50.0 Å². The number of allylic oxidation sites excluding steroid dienone is 10. The third-order valence-corrected chi connectivity index (χ3v) is 19.2. The van der Waals surface area contributed by atoms with E-state index < -0.39 is 74.2 Å². The smallest absolute Gasteiger partial charge is 0.249 e. The maximum absolute atomic E-state index is 13.3. The average Bonchev–Trinajstić information content (AvgIpc) is 1.04. The molecule has 0 saturated carbocycles. The average molecular weight is 1310 g/mol. The molecule has 1 saturated heterocycles. The van der Waals surface area contributed by atoms with Gasteiger partial charge in [0.05, 0.1) is 25.4 Å². The molecule has 1 heterocycles. The van der Waals surface area contributed by atoms with E-state index in [4.69, 9.17) is 9.47 Å². The van der Waals surface area contributed by atoms with Crippen LogP contribution in [0.25, 0.3) is 0 Å². The first kappa shape index (κ1) is 88.8. The number of carbonyl (C=O) groups is 1. The molecule has 0 aliphatic carbocycles. The minimum Gasteiger partial charge on any atom is -0.394 e. The summed E-state index contributed by atoms with van der Waals surface area (Å²) in [5.74, 6) is -0.708. The largest absolute Gasteiger partial charge is 0.394 e. The summed E-state index contributed by atoms with van der Waals surface area (Å²) in [7, 11) is 0. The normalized spacial score (nSPS) is 18.6. The SMILES string of the molecule is CCCCCCCCCCCCC/C=C\C/C=C\CCCCCCCCCCCCCCCCCCC(O)C(=O)NC(COC1OC(CO)C(O)C(O)C1O)C(O)C(O)CCC/C=C/CC/C=C/CC/C=C/CCCCCCCCCCCCCCCCCCCCC. The zero-order valence-corrected chi connectivity index (χ0v) is 60.8. The number of rotatable bonds is 71. The Bertz CT molecular complexity index is 1700. The number of ether oxygens (including phenoxy) is 2. The van der Waals surface area contributed by atoms with Gasteiger partial charge in [0.1, 0.15) is 36.6 Å². The van der Waals surface area contributed by atoms with Gasteiger partial charge in [-0.1, -0.05) is 351 Å². The van der Waals surface area contributed by atoms with Gasteiger partial charge in [0.15, 0.2) is 6.29 Å². The lowest BCUT2D eigenvalue weighted by Crippen LogP contribution is -2.60. The molecule has 9 atom stereocenters. The highest BCUT2D eigenvalue weighted by Crippen LogP contribution is 2.24. The first-order valence-electron chi connectivity index (χ1n) is 40.2. The Morgan fingerprint density at radius 3 is 1.02 bits per heavy atom. The predicted octanol–water partition coefficient (Wildman–Crippen LogP) is 20.8. The Balaban J connectivity index is 2.17. The number of amides is 1. The molecule has 0 spiro atoms. The van der Waals surface area contributed by atoms with Gasteiger partial charge in [-0.15, -0.1) is 0 Å². The highest BCUT2D eigenvalue weighted by molar-refractivity contribution is 5.80. The molecular formula is C82H153NO10. The Morgan fingerprint density at radius 2 is 0.677 bits per heavy atom. The van der Waals surface area contributed by atoms with Crippen molar-refractivity contribution in [3.05, 3.63) is 60.8 Å². The molecule has 0 aromatic heterocycles. The Labute approximate surface area is 573 Å². The molecule has 93 heavy (non-hydrogen) atoms. The van der Waals surface area contributed by atoms with Crippen molar-refractivity contribution in [1.29, 1.82) is 0 Å². The van der Waals surface area contributed by atoms with Gasteiger partial charge in [-0.2, -0.15) is 0 Å². The molecule has 0 aromatic carbocycles. The molecule has 1 amide bonds. The molecule has 1 rings (SSSR count). The van der Waals surface area contributed by atoms with Crippen LogP contribution >= 0.6 is 0 Å². The lowest BCUT2D eigenvalue weighted by molar-refractivity contribution is -0.303. The fourth-order valence-corrected chi connectivity index (χ4v) is 12.9. The molecule has 1 fully saturated rings. The molecular weight excluding hydrogens is 1160 g/mol. The summed E-state index contributed by atoms with van der Waals surface area (Å²) in [5.41, 5.74) is 0. The van der Waals surface area contributed by atoms with E-state index in [1.165, 1.54) is 289 Å². The third kappa shape index (κ3) is 56.4. The van der Waals surface area contributed by atoms with E-state index in [1.54, 1.807) is 0 Å². The molecule has 11 heteroatoms. The fraction of sp³-hybridized carbons (Fsp3) is 0.866. The minimum atomic E-state index is -1.68. The van der Waals surface area contributed by atoms with Crippen molar-refractivity contribution >= 4 is 5.91 Å². The second kappa shape index (κ2) is 69.7. The molecule has 9 unspecified atom stereocenters. The number of carbonyl (C=O) groups excluding carboxylic acids is 1. The predicted molar refractivity (Wildman–Crippen MR) is 395 cm³/mol. The number of hydrogen-bond donors (Lipinski definition) is 8. The maximum atomic E-state index is 13.3. The first-order valence-corrected chi connectivity index (χ1v) is 40.2. The molecule has 0 bridgehead atoms. The first-order chi connectivity index (χ1) is 45.7. The summed E-state index contributed by atoms with van der Waals surface area (Å²) in [6.07, 6.45) is 83.4. The van der Waals surface area contributed by atoms with E-state index >= 15 is 0 Å². The number of aliphatic hydroxyl groups excluding tert-OH is 7. The van der Waals surface area contributed by atoms with Crippen molar-refractivity contribution in [3.63, 3.8) is 0 Å². The van der Waals surface area contributed by atoms with Crippen LogP contribution in [0.15, 0.2) is 60.8 Å². The third-order valence-electron chi connectivity index (χ3n) is 19.2. The van der Waals surface area contributed by atoms with Crippen LogP contribution in [0, 0.1) is 0 Å². The monoisotopic (exact) mass is 1310 g/mol. The van der Waals surface area contributed by atoms with Crippen molar-refractivity contribution in [1.82, 2.24) is 5.32 Å². The van der Waals surface area contributed by atoms with Gasteiger partial charge in [-0.25, -0.2) is 0 Å². The molecule has 1 aliphatic heterocycles. The maximum Gasteiger partial charge on any atom is 0.249 e. The van der Waals surface area contributed by atoms with Crippen LogP contribution in [0.2, 0.25) is 0 Å². The second-order valence-corrected chi connectivity index (χ2v) is 28.1. The van der Waals surface area contributed by atoms with E-state index in [2.05, 4.69) is 79.9 Å². The Morgan fingerprint density at radius 1 is 0.376 bits per heavy atom. The topological polar surface area (TPSA) is 189 Å². The fourth-order valence-electron chi connectivity index (χ4n) is 12.9. The van der Waals surface area contributed by atoms with E-state index in [0.717, 1.165) is 51.4 Å². The van der Waals surface area contributed by atoms with Crippen LogP contribution in [0.1, 0.15) is 386 Å². The standard InChI is InChI=1S/C82H153NO10/c1-3-5-7-9-11-13-15-17-19-21-23-25-27-29-31-33-35-37-38-40-42-44-46-48-50-52-54-56-58-60-62-64-66-68-70-75(86)81(91)83-73(72-92-82-80(90)79(89)78(88)76(71-84)93-82)77(87)74(85)69-67-65-63-61-59-57-55-53-51-49-47-45-43-41-39-36-34-32-30-28-26-24-22-20-18-16-14-12-10-8-6-4-2/h27,29,33,35,45,47,53,55,61,63,73-80,82,84-90H,3-26,28,30-32,34,36-44,46,48-52,54,56-60,62,64-72H2,1-2H3,(H,83,91)/b29-27-,35-33-,47-45+,55-53+,63-61+. The van der Waals surface area contributed by atoms with Crippen LogP contribution in [0.4, 0.5) is 0 Å². The number of unbranched alkanes of at least 4 members (excludes halogenated alkanes) is 49. The van der Waals surface area contributed by atoms with Crippen molar-refractivity contribution in [2.75, 3.05) is 13.2 Å².